The normalized spacial score (nSPS) is 30.6. The maximum absolute atomic E-state index is 14.2. The molecule has 5 N–H and O–H groups in total. The molecule has 1 saturated carbocycles. The van der Waals surface area contributed by atoms with Gasteiger partial charge in [0.1, 0.15) is 12.0 Å². The van der Waals surface area contributed by atoms with Crippen molar-refractivity contribution < 1.29 is 9.18 Å². The van der Waals surface area contributed by atoms with Gasteiger partial charge in [-0.2, -0.15) is 0 Å². The molecule has 4 unspecified atom stereocenters. The fourth-order valence-electron chi connectivity index (χ4n) is 3.72. The third-order valence-corrected chi connectivity index (χ3v) is 5.14. The molecule has 23 heavy (non-hydrogen) atoms. The summed E-state index contributed by atoms with van der Waals surface area (Å²) in [5, 5.41) is 2.78. The van der Waals surface area contributed by atoms with Gasteiger partial charge in [0.05, 0.1) is 5.92 Å². The monoisotopic (exact) mass is 320 g/mol. The highest BCUT2D eigenvalue weighted by Gasteiger charge is 2.38. The molecule has 1 amide bonds. The second-order valence-electron chi connectivity index (χ2n) is 6.85. The summed E-state index contributed by atoms with van der Waals surface area (Å²) >= 11 is 0. The fraction of sp³-hybridized carbons (Fsp3) is 0.647. The van der Waals surface area contributed by atoms with Gasteiger partial charge in [0, 0.05) is 17.8 Å². The van der Waals surface area contributed by atoms with Gasteiger partial charge in [-0.25, -0.2) is 9.37 Å². The SMILES string of the molecule is Cc1nc(NC(=O)C2CC(N)C(N)CC2F)cc2c1CCCC2. The van der Waals surface area contributed by atoms with Gasteiger partial charge < -0.3 is 16.8 Å². The number of rotatable bonds is 2. The molecule has 1 heterocycles. The average Bonchev–Trinajstić information content (AvgIpc) is 2.51. The van der Waals surface area contributed by atoms with Crippen molar-refractivity contribution in [1.29, 1.82) is 0 Å². The predicted octanol–water partition coefficient (Wildman–Crippen LogP) is 1.61. The predicted molar refractivity (Wildman–Crippen MR) is 87.8 cm³/mol. The van der Waals surface area contributed by atoms with E-state index in [2.05, 4.69) is 10.3 Å². The number of fused-ring (bicyclic) bond motifs is 1. The third-order valence-electron chi connectivity index (χ3n) is 5.14. The van der Waals surface area contributed by atoms with Crippen LogP contribution in [0.2, 0.25) is 0 Å². The minimum atomic E-state index is -1.25. The van der Waals surface area contributed by atoms with Crippen molar-refractivity contribution in [2.75, 3.05) is 5.32 Å². The second kappa shape index (κ2) is 6.53. The van der Waals surface area contributed by atoms with E-state index in [9.17, 15) is 9.18 Å². The standard InChI is InChI=1S/C17H25FN4O/c1-9-11-5-3-2-4-10(11)6-16(21-9)22-17(23)12-7-14(19)15(20)8-13(12)18/h6,12-15H,2-5,7-8,19-20H2,1H3,(H,21,22,23). The number of nitrogens with one attached hydrogen (secondary N) is 1. The molecule has 4 atom stereocenters. The molecule has 1 aromatic heterocycles. The van der Waals surface area contributed by atoms with E-state index in [1.165, 1.54) is 17.5 Å². The molecule has 0 saturated heterocycles. The Morgan fingerprint density at radius 1 is 1.26 bits per heavy atom. The Bertz CT molecular complexity index is 607. The number of hydrogen-bond acceptors (Lipinski definition) is 4. The van der Waals surface area contributed by atoms with Gasteiger partial charge in [0.25, 0.3) is 0 Å². The summed E-state index contributed by atoms with van der Waals surface area (Å²) in [6, 6.07) is 1.22. The largest absolute Gasteiger partial charge is 0.326 e. The van der Waals surface area contributed by atoms with Gasteiger partial charge in [0.15, 0.2) is 0 Å². The van der Waals surface area contributed by atoms with Crippen molar-refractivity contribution in [3.8, 4) is 0 Å². The maximum atomic E-state index is 14.2. The lowest BCUT2D eigenvalue weighted by Gasteiger charge is -2.33. The zero-order valence-corrected chi connectivity index (χ0v) is 13.5. The van der Waals surface area contributed by atoms with Crippen LogP contribution in [0, 0.1) is 12.8 Å². The number of aryl methyl sites for hydroxylation is 2. The molecule has 1 fully saturated rings. The van der Waals surface area contributed by atoms with Gasteiger partial charge in [-0.3, -0.25) is 4.79 Å². The lowest BCUT2D eigenvalue weighted by molar-refractivity contribution is -0.123. The van der Waals surface area contributed by atoms with Crippen LogP contribution < -0.4 is 16.8 Å². The van der Waals surface area contributed by atoms with Gasteiger partial charge >= 0.3 is 0 Å². The number of alkyl halides is 1. The van der Waals surface area contributed by atoms with E-state index in [1.807, 2.05) is 13.0 Å². The Kier molecular flexibility index (Phi) is 4.64. The summed E-state index contributed by atoms with van der Waals surface area (Å²) in [5.74, 6) is -0.575. The van der Waals surface area contributed by atoms with E-state index < -0.39 is 12.1 Å². The Labute approximate surface area is 136 Å². The number of aromatic nitrogens is 1. The van der Waals surface area contributed by atoms with Crippen LogP contribution in [0.15, 0.2) is 6.07 Å². The van der Waals surface area contributed by atoms with Gasteiger partial charge in [-0.15, -0.1) is 0 Å². The third kappa shape index (κ3) is 3.38. The zero-order valence-electron chi connectivity index (χ0n) is 13.5. The summed E-state index contributed by atoms with van der Waals surface area (Å²) < 4.78 is 14.2. The first kappa shape index (κ1) is 16.3. The highest BCUT2D eigenvalue weighted by molar-refractivity contribution is 5.92. The van der Waals surface area contributed by atoms with Crippen molar-refractivity contribution in [2.24, 2.45) is 17.4 Å². The number of amides is 1. The van der Waals surface area contributed by atoms with Crippen molar-refractivity contribution in [2.45, 2.75) is 63.7 Å². The van der Waals surface area contributed by atoms with E-state index in [4.69, 9.17) is 11.5 Å². The molecule has 3 rings (SSSR count). The number of carbonyl (C=O) groups excluding carboxylic acids is 1. The Balaban J connectivity index is 1.74. The first-order valence-electron chi connectivity index (χ1n) is 8.41. The molecule has 0 spiro atoms. The molecule has 126 valence electrons. The van der Waals surface area contributed by atoms with Crippen LogP contribution in [-0.4, -0.2) is 29.1 Å². The number of pyridine rings is 1. The van der Waals surface area contributed by atoms with Crippen LogP contribution in [0.3, 0.4) is 0 Å². The Morgan fingerprint density at radius 3 is 2.74 bits per heavy atom. The number of carbonyl (C=O) groups is 1. The van der Waals surface area contributed by atoms with E-state index >= 15 is 0 Å². The van der Waals surface area contributed by atoms with Crippen LogP contribution in [0.4, 0.5) is 10.2 Å². The topological polar surface area (TPSA) is 94.0 Å². The molecule has 0 aromatic carbocycles. The molecule has 0 radical (unpaired) electrons. The smallest absolute Gasteiger partial charge is 0.231 e. The van der Waals surface area contributed by atoms with Crippen LogP contribution in [0.5, 0.6) is 0 Å². The molecule has 6 heteroatoms. The second-order valence-corrected chi connectivity index (χ2v) is 6.85. The lowest BCUT2D eigenvalue weighted by atomic mass is 9.81. The quantitative estimate of drug-likeness (QED) is 0.771. The summed E-state index contributed by atoms with van der Waals surface area (Å²) in [4.78, 5) is 16.9. The molecule has 2 aliphatic rings. The summed E-state index contributed by atoms with van der Waals surface area (Å²) in [6.45, 7) is 1.97. The molecule has 5 nitrogen and oxygen atoms in total. The van der Waals surface area contributed by atoms with Crippen LogP contribution in [-0.2, 0) is 17.6 Å². The van der Waals surface area contributed by atoms with Crippen molar-refractivity contribution in [1.82, 2.24) is 4.98 Å². The highest BCUT2D eigenvalue weighted by Crippen LogP contribution is 2.29. The molecule has 0 bridgehead atoms. The molecule has 1 aromatic rings. The van der Waals surface area contributed by atoms with E-state index in [0.29, 0.717) is 5.82 Å². The van der Waals surface area contributed by atoms with Crippen molar-refractivity contribution in [3.63, 3.8) is 0 Å². The van der Waals surface area contributed by atoms with Crippen molar-refractivity contribution in [3.05, 3.63) is 22.9 Å². The molecule has 0 aliphatic heterocycles. The van der Waals surface area contributed by atoms with E-state index in [0.717, 1.165) is 25.0 Å². The van der Waals surface area contributed by atoms with Gasteiger partial charge in [-0.1, -0.05) is 0 Å². The number of nitrogens with two attached hydrogens (primary N) is 2. The van der Waals surface area contributed by atoms with E-state index in [1.54, 1.807) is 0 Å². The van der Waals surface area contributed by atoms with E-state index in [-0.39, 0.29) is 30.8 Å². The minimum absolute atomic E-state index is 0.135. The van der Waals surface area contributed by atoms with Crippen LogP contribution in [0.25, 0.3) is 0 Å². The fourth-order valence-corrected chi connectivity index (χ4v) is 3.72. The summed E-state index contributed by atoms with van der Waals surface area (Å²) in [7, 11) is 0. The van der Waals surface area contributed by atoms with Gasteiger partial charge in [0.2, 0.25) is 5.91 Å². The Hall–Kier alpha value is -1.53. The Morgan fingerprint density at radius 2 is 1.96 bits per heavy atom. The average molecular weight is 320 g/mol. The summed E-state index contributed by atoms with van der Waals surface area (Å²) in [5.41, 5.74) is 15.2. The highest BCUT2D eigenvalue weighted by atomic mass is 19.1. The molecule has 2 aliphatic carbocycles. The maximum Gasteiger partial charge on any atom is 0.231 e. The van der Waals surface area contributed by atoms with Crippen molar-refractivity contribution >= 4 is 11.7 Å². The number of nitrogens with zero attached hydrogens (tertiary/aromatic N) is 1. The van der Waals surface area contributed by atoms with Crippen LogP contribution in [0.1, 0.15) is 42.5 Å². The first-order valence-corrected chi connectivity index (χ1v) is 8.41. The molecular formula is C17H25FN4O. The summed E-state index contributed by atoms with van der Waals surface area (Å²) in [6.07, 6.45) is 3.56. The number of hydrogen-bond donors (Lipinski definition) is 3. The first-order chi connectivity index (χ1) is 11.0. The van der Waals surface area contributed by atoms with Crippen LogP contribution >= 0.6 is 0 Å². The minimum Gasteiger partial charge on any atom is -0.326 e. The lowest BCUT2D eigenvalue weighted by Crippen LogP contribution is -2.52. The molecular weight excluding hydrogens is 295 g/mol. The number of halogens is 1. The zero-order chi connectivity index (χ0) is 16.6. The van der Waals surface area contributed by atoms with Gasteiger partial charge in [-0.05, 0) is 62.6 Å². The number of anilines is 1.